The lowest BCUT2D eigenvalue weighted by Crippen LogP contribution is -2.50. The maximum Gasteiger partial charge on any atom is 0.272 e. The third kappa shape index (κ3) is 2.26. The Morgan fingerprint density at radius 2 is 2.27 bits per heavy atom. The Labute approximate surface area is 139 Å². The van der Waals surface area contributed by atoms with Crippen molar-refractivity contribution < 1.29 is 0 Å². The SMILES string of the molecule is Cn1c(N2CC(Cn3cc(Br)cn3)C2)nc2ccsc2c1=O. The van der Waals surface area contributed by atoms with Crippen LogP contribution in [0.3, 0.4) is 0 Å². The first-order chi connectivity index (χ1) is 10.6. The number of aromatic nitrogens is 4. The Morgan fingerprint density at radius 3 is 3.00 bits per heavy atom. The van der Waals surface area contributed by atoms with E-state index in [0.717, 1.165) is 40.3 Å². The molecule has 1 fully saturated rings. The van der Waals surface area contributed by atoms with Crippen LogP contribution in [-0.2, 0) is 13.6 Å². The van der Waals surface area contributed by atoms with E-state index in [9.17, 15) is 4.79 Å². The van der Waals surface area contributed by atoms with Crippen LogP contribution in [0.25, 0.3) is 10.2 Å². The predicted octanol–water partition coefficient (Wildman–Crippen LogP) is 2.09. The molecule has 22 heavy (non-hydrogen) atoms. The van der Waals surface area contributed by atoms with Gasteiger partial charge in [0.05, 0.1) is 16.2 Å². The molecular formula is C14H14BrN5OS. The minimum absolute atomic E-state index is 0.0365. The number of anilines is 1. The van der Waals surface area contributed by atoms with Crippen molar-refractivity contribution in [1.82, 2.24) is 19.3 Å². The van der Waals surface area contributed by atoms with Crippen molar-refractivity contribution in [1.29, 1.82) is 0 Å². The molecule has 1 saturated heterocycles. The molecule has 1 aliphatic rings. The Morgan fingerprint density at radius 1 is 1.45 bits per heavy atom. The van der Waals surface area contributed by atoms with Crippen LogP contribution < -0.4 is 10.5 Å². The van der Waals surface area contributed by atoms with Crippen LogP contribution in [0.5, 0.6) is 0 Å². The highest BCUT2D eigenvalue weighted by Crippen LogP contribution is 2.25. The molecule has 0 aromatic carbocycles. The molecule has 0 aliphatic carbocycles. The molecule has 1 aliphatic heterocycles. The van der Waals surface area contributed by atoms with Crippen LogP contribution in [0.15, 0.2) is 33.1 Å². The van der Waals surface area contributed by atoms with Crippen molar-refractivity contribution in [3.8, 4) is 0 Å². The van der Waals surface area contributed by atoms with Gasteiger partial charge in [-0.25, -0.2) is 4.98 Å². The second-order valence-electron chi connectivity index (χ2n) is 5.56. The highest BCUT2D eigenvalue weighted by atomic mass is 79.9. The molecule has 0 unspecified atom stereocenters. The number of halogens is 1. The fourth-order valence-corrected chi connectivity index (χ4v) is 3.94. The minimum Gasteiger partial charge on any atom is -0.341 e. The molecule has 3 aromatic rings. The Kier molecular flexibility index (Phi) is 3.30. The average molecular weight is 380 g/mol. The molecule has 3 aromatic heterocycles. The number of fused-ring (bicyclic) bond motifs is 1. The maximum atomic E-state index is 12.3. The summed E-state index contributed by atoms with van der Waals surface area (Å²) < 4.78 is 5.32. The van der Waals surface area contributed by atoms with E-state index in [1.165, 1.54) is 11.3 Å². The zero-order chi connectivity index (χ0) is 15.3. The Hall–Kier alpha value is -1.67. The van der Waals surface area contributed by atoms with Crippen LogP contribution in [0.1, 0.15) is 0 Å². The summed E-state index contributed by atoms with van der Waals surface area (Å²) in [7, 11) is 1.79. The van der Waals surface area contributed by atoms with Gasteiger partial charge in [0.15, 0.2) is 0 Å². The number of hydrogen-bond acceptors (Lipinski definition) is 5. The normalized spacial score (nSPS) is 15.5. The summed E-state index contributed by atoms with van der Waals surface area (Å²) in [5, 5.41) is 6.20. The van der Waals surface area contributed by atoms with Gasteiger partial charge in [0.25, 0.3) is 5.56 Å². The zero-order valence-electron chi connectivity index (χ0n) is 11.9. The van der Waals surface area contributed by atoms with Crippen LogP contribution in [-0.4, -0.2) is 32.4 Å². The molecule has 114 valence electrons. The summed E-state index contributed by atoms with van der Waals surface area (Å²) in [5.41, 5.74) is 0.831. The molecule has 0 N–H and O–H groups in total. The van der Waals surface area contributed by atoms with Gasteiger partial charge in [-0.1, -0.05) is 0 Å². The lowest BCUT2D eigenvalue weighted by atomic mass is 10.0. The second-order valence-corrected chi connectivity index (χ2v) is 7.39. The van der Waals surface area contributed by atoms with Crippen molar-refractivity contribution in [2.45, 2.75) is 6.54 Å². The molecule has 4 rings (SSSR count). The van der Waals surface area contributed by atoms with Gasteiger partial charge in [-0.2, -0.15) is 5.10 Å². The molecule has 0 bridgehead atoms. The average Bonchev–Trinajstić information content (AvgIpc) is 3.07. The van der Waals surface area contributed by atoms with Crippen molar-refractivity contribution in [3.63, 3.8) is 0 Å². The fraction of sp³-hybridized carbons (Fsp3) is 0.357. The standard InChI is InChI=1S/C14H14BrN5OS/c1-18-13(21)12-11(2-3-22-12)17-14(18)19-5-9(6-19)7-20-8-10(15)4-16-20/h2-4,8-9H,5-7H2,1H3. The summed E-state index contributed by atoms with van der Waals surface area (Å²) in [6, 6.07) is 1.91. The van der Waals surface area contributed by atoms with E-state index in [4.69, 9.17) is 0 Å². The highest BCUT2D eigenvalue weighted by Gasteiger charge is 2.30. The summed E-state index contributed by atoms with van der Waals surface area (Å²) in [6.07, 6.45) is 3.78. The first-order valence-corrected chi connectivity index (χ1v) is 8.66. The molecule has 8 heteroatoms. The first kappa shape index (κ1) is 14.0. The highest BCUT2D eigenvalue weighted by molar-refractivity contribution is 9.10. The van der Waals surface area contributed by atoms with Crippen molar-refractivity contribution in [2.75, 3.05) is 18.0 Å². The summed E-state index contributed by atoms with van der Waals surface area (Å²) >= 11 is 4.85. The van der Waals surface area contributed by atoms with E-state index in [1.54, 1.807) is 17.8 Å². The zero-order valence-corrected chi connectivity index (χ0v) is 14.3. The summed E-state index contributed by atoms with van der Waals surface area (Å²) in [4.78, 5) is 19.1. The lowest BCUT2D eigenvalue weighted by molar-refractivity contribution is 0.335. The molecule has 0 spiro atoms. The minimum atomic E-state index is 0.0365. The largest absolute Gasteiger partial charge is 0.341 e. The fourth-order valence-electron chi connectivity index (χ4n) is 2.81. The Bertz CT molecular complexity index is 892. The number of thiophene rings is 1. The second kappa shape index (κ2) is 5.20. The maximum absolute atomic E-state index is 12.3. The quantitative estimate of drug-likeness (QED) is 0.698. The molecule has 0 amide bonds. The van der Waals surface area contributed by atoms with Gasteiger partial charge < -0.3 is 4.90 Å². The third-order valence-electron chi connectivity index (χ3n) is 3.95. The predicted molar refractivity (Wildman–Crippen MR) is 90.5 cm³/mol. The number of nitrogens with zero attached hydrogens (tertiary/aromatic N) is 5. The molecule has 0 saturated carbocycles. The van der Waals surface area contributed by atoms with Gasteiger partial charge in [-0.15, -0.1) is 11.3 Å². The van der Waals surface area contributed by atoms with Crippen LogP contribution in [0.2, 0.25) is 0 Å². The van der Waals surface area contributed by atoms with Crippen LogP contribution in [0.4, 0.5) is 5.95 Å². The monoisotopic (exact) mass is 379 g/mol. The number of hydrogen-bond donors (Lipinski definition) is 0. The van der Waals surface area contributed by atoms with Gasteiger partial charge in [0, 0.05) is 38.8 Å². The summed E-state index contributed by atoms with van der Waals surface area (Å²) in [5.74, 6) is 1.29. The number of rotatable bonds is 3. The summed E-state index contributed by atoms with van der Waals surface area (Å²) in [6.45, 7) is 2.68. The molecule has 4 heterocycles. The van der Waals surface area contributed by atoms with E-state index in [0.29, 0.717) is 5.92 Å². The van der Waals surface area contributed by atoms with Gasteiger partial charge in [0.2, 0.25) is 5.95 Å². The van der Waals surface area contributed by atoms with Gasteiger partial charge >= 0.3 is 0 Å². The van der Waals surface area contributed by atoms with Crippen molar-refractivity contribution in [3.05, 3.63) is 38.7 Å². The van der Waals surface area contributed by atoms with Crippen LogP contribution in [0, 0.1) is 5.92 Å². The van der Waals surface area contributed by atoms with Crippen LogP contribution >= 0.6 is 27.3 Å². The van der Waals surface area contributed by atoms with Crippen molar-refractivity contribution in [2.24, 2.45) is 13.0 Å². The molecule has 6 nitrogen and oxygen atoms in total. The van der Waals surface area contributed by atoms with Gasteiger partial charge in [0.1, 0.15) is 4.70 Å². The topological polar surface area (TPSA) is 56.0 Å². The van der Waals surface area contributed by atoms with E-state index in [2.05, 4.69) is 30.9 Å². The van der Waals surface area contributed by atoms with Gasteiger partial charge in [-0.3, -0.25) is 14.0 Å². The van der Waals surface area contributed by atoms with E-state index in [1.807, 2.05) is 22.3 Å². The lowest BCUT2D eigenvalue weighted by Gasteiger charge is -2.40. The van der Waals surface area contributed by atoms with Gasteiger partial charge in [-0.05, 0) is 27.4 Å². The third-order valence-corrected chi connectivity index (χ3v) is 5.25. The van der Waals surface area contributed by atoms with E-state index in [-0.39, 0.29) is 5.56 Å². The molecular weight excluding hydrogens is 366 g/mol. The first-order valence-electron chi connectivity index (χ1n) is 6.99. The molecule has 0 radical (unpaired) electrons. The van der Waals surface area contributed by atoms with E-state index >= 15 is 0 Å². The molecule has 0 atom stereocenters. The van der Waals surface area contributed by atoms with E-state index < -0.39 is 0 Å². The van der Waals surface area contributed by atoms with Crippen molar-refractivity contribution >= 4 is 43.4 Å². The Balaban J connectivity index is 1.53. The smallest absolute Gasteiger partial charge is 0.272 e.